The molecule has 1 aromatic carbocycles. The standard InChI is InChI=1S/C20H21N7O2S/c1-12-10-13(2)27-16(25-26-19(27)22-12)8-5-9-21-17(28)11-30-20-23-15-7-4-3-6-14(15)18(29)24-20/h3-4,6-7,10H,5,8-9,11H2,1-2H3,(H,21,28)(H,23,24,29). The van der Waals surface area contributed by atoms with E-state index < -0.39 is 0 Å². The summed E-state index contributed by atoms with van der Waals surface area (Å²) >= 11 is 1.21. The number of H-pyrrole nitrogens is 1. The number of thioether (sulfide) groups is 1. The molecule has 0 bridgehead atoms. The Labute approximate surface area is 176 Å². The molecule has 154 valence electrons. The summed E-state index contributed by atoms with van der Waals surface area (Å²) in [6, 6.07) is 9.11. The molecule has 0 saturated carbocycles. The third-order valence-corrected chi connectivity index (χ3v) is 5.46. The van der Waals surface area contributed by atoms with E-state index in [1.54, 1.807) is 18.2 Å². The molecule has 4 rings (SSSR count). The minimum Gasteiger partial charge on any atom is -0.355 e. The summed E-state index contributed by atoms with van der Waals surface area (Å²) in [6.07, 6.45) is 1.41. The van der Waals surface area contributed by atoms with Crippen LogP contribution in [0.4, 0.5) is 0 Å². The normalized spacial score (nSPS) is 11.3. The number of amides is 1. The third-order valence-electron chi connectivity index (χ3n) is 4.59. The van der Waals surface area contributed by atoms with Crippen LogP contribution in [0.2, 0.25) is 0 Å². The van der Waals surface area contributed by atoms with Gasteiger partial charge in [-0.25, -0.2) is 9.97 Å². The number of hydrogen-bond donors (Lipinski definition) is 2. The van der Waals surface area contributed by atoms with Crippen molar-refractivity contribution >= 4 is 34.3 Å². The number of aromatic nitrogens is 6. The molecule has 4 aromatic rings. The van der Waals surface area contributed by atoms with Crippen LogP contribution in [0.25, 0.3) is 16.7 Å². The second-order valence-electron chi connectivity index (χ2n) is 6.92. The van der Waals surface area contributed by atoms with Crippen molar-refractivity contribution in [2.24, 2.45) is 0 Å². The Morgan fingerprint density at radius 3 is 2.90 bits per heavy atom. The van der Waals surface area contributed by atoms with Crippen LogP contribution in [-0.2, 0) is 11.2 Å². The van der Waals surface area contributed by atoms with Crippen molar-refractivity contribution in [1.29, 1.82) is 0 Å². The molecule has 0 spiro atoms. The highest BCUT2D eigenvalue weighted by atomic mass is 32.2. The van der Waals surface area contributed by atoms with Crippen LogP contribution < -0.4 is 10.9 Å². The Morgan fingerprint density at radius 1 is 1.20 bits per heavy atom. The number of carbonyl (C=O) groups is 1. The molecule has 3 aromatic heterocycles. The van der Waals surface area contributed by atoms with Gasteiger partial charge in [0.2, 0.25) is 5.91 Å². The molecule has 9 nitrogen and oxygen atoms in total. The lowest BCUT2D eigenvalue weighted by molar-refractivity contribution is -0.118. The monoisotopic (exact) mass is 423 g/mol. The van der Waals surface area contributed by atoms with E-state index in [0.29, 0.717) is 34.8 Å². The van der Waals surface area contributed by atoms with E-state index in [-0.39, 0.29) is 17.2 Å². The molecule has 3 heterocycles. The molecule has 30 heavy (non-hydrogen) atoms. The zero-order valence-electron chi connectivity index (χ0n) is 16.7. The molecule has 0 saturated heterocycles. The maximum Gasteiger partial charge on any atom is 0.259 e. The highest BCUT2D eigenvalue weighted by Crippen LogP contribution is 2.14. The number of nitrogens with zero attached hydrogens (tertiary/aromatic N) is 5. The molecule has 2 N–H and O–H groups in total. The summed E-state index contributed by atoms with van der Waals surface area (Å²) in [7, 11) is 0. The van der Waals surface area contributed by atoms with Gasteiger partial charge in [-0.1, -0.05) is 23.9 Å². The van der Waals surface area contributed by atoms with Gasteiger partial charge in [-0.05, 0) is 38.5 Å². The summed E-state index contributed by atoms with van der Waals surface area (Å²) in [5.41, 5.74) is 2.36. The number of para-hydroxylation sites is 1. The quantitative estimate of drug-likeness (QED) is 0.264. The van der Waals surface area contributed by atoms with Crippen LogP contribution in [-0.4, -0.2) is 47.8 Å². The Hall–Kier alpha value is -3.27. The Kier molecular flexibility index (Phi) is 5.75. The molecule has 10 heteroatoms. The Bertz CT molecular complexity index is 1280. The molecule has 0 aliphatic heterocycles. The van der Waals surface area contributed by atoms with Crippen molar-refractivity contribution in [1.82, 2.24) is 34.9 Å². The van der Waals surface area contributed by atoms with E-state index in [4.69, 9.17) is 0 Å². The van der Waals surface area contributed by atoms with Gasteiger partial charge in [0.05, 0.1) is 16.7 Å². The molecule has 1 amide bonds. The van der Waals surface area contributed by atoms with Gasteiger partial charge in [-0.15, -0.1) is 10.2 Å². The maximum absolute atomic E-state index is 12.1. The number of rotatable bonds is 7. The first-order chi connectivity index (χ1) is 14.5. The molecular formula is C20H21N7O2S. The van der Waals surface area contributed by atoms with Gasteiger partial charge in [0.25, 0.3) is 11.3 Å². The maximum atomic E-state index is 12.1. The molecule has 0 unspecified atom stereocenters. The van der Waals surface area contributed by atoms with E-state index in [2.05, 4.69) is 30.5 Å². The lowest BCUT2D eigenvalue weighted by Crippen LogP contribution is -2.26. The average molecular weight is 424 g/mol. The van der Waals surface area contributed by atoms with Crippen molar-refractivity contribution in [3.63, 3.8) is 0 Å². The van der Waals surface area contributed by atoms with Crippen molar-refractivity contribution < 1.29 is 4.79 Å². The molecule has 0 aliphatic carbocycles. The number of nitrogens with one attached hydrogen (secondary N) is 2. The zero-order valence-corrected chi connectivity index (χ0v) is 17.5. The first-order valence-corrected chi connectivity index (χ1v) is 10.6. The average Bonchev–Trinajstić information content (AvgIpc) is 3.13. The van der Waals surface area contributed by atoms with Crippen LogP contribution in [0, 0.1) is 13.8 Å². The number of aromatic amines is 1. The number of fused-ring (bicyclic) bond motifs is 2. The number of hydrogen-bond acceptors (Lipinski definition) is 7. The Balaban J connectivity index is 1.27. The summed E-state index contributed by atoms with van der Waals surface area (Å²) in [6.45, 7) is 4.45. The fraction of sp³-hybridized carbons (Fsp3) is 0.300. The highest BCUT2D eigenvalue weighted by Gasteiger charge is 2.10. The van der Waals surface area contributed by atoms with Crippen molar-refractivity contribution in [3.8, 4) is 0 Å². The molecule has 0 aliphatic rings. The minimum atomic E-state index is -0.205. The van der Waals surface area contributed by atoms with Crippen LogP contribution in [0.5, 0.6) is 0 Å². The summed E-state index contributed by atoms with van der Waals surface area (Å²) in [4.78, 5) is 35.7. The predicted octanol–water partition coefficient (Wildman–Crippen LogP) is 1.82. The summed E-state index contributed by atoms with van der Waals surface area (Å²) in [5, 5.41) is 12.2. The predicted molar refractivity (Wildman–Crippen MR) is 115 cm³/mol. The SMILES string of the molecule is Cc1cc(C)n2c(CCCNC(=O)CSc3nc4ccccc4c(=O)[nH]3)nnc2n1. The molecule has 0 fully saturated rings. The van der Waals surface area contributed by atoms with Gasteiger partial charge >= 0.3 is 0 Å². The van der Waals surface area contributed by atoms with Gasteiger partial charge < -0.3 is 10.3 Å². The zero-order chi connectivity index (χ0) is 21.1. The van der Waals surface area contributed by atoms with Crippen molar-refractivity contribution in [2.45, 2.75) is 31.8 Å². The van der Waals surface area contributed by atoms with Crippen LogP contribution in [0.3, 0.4) is 0 Å². The number of benzene rings is 1. The highest BCUT2D eigenvalue weighted by molar-refractivity contribution is 7.99. The van der Waals surface area contributed by atoms with Gasteiger partial charge in [-0.2, -0.15) is 0 Å². The van der Waals surface area contributed by atoms with Gasteiger partial charge in [0.15, 0.2) is 5.16 Å². The van der Waals surface area contributed by atoms with Crippen LogP contribution in [0.15, 0.2) is 40.3 Å². The largest absolute Gasteiger partial charge is 0.355 e. The van der Waals surface area contributed by atoms with Gasteiger partial charge in [-0.3, -0.25) is 14.0 Å². The van der Waals surface area contributed by atoms with Crippen molar-refractivity contribution in [2.75, 3.05) is 12.3 Å². The smallest absolute Gasteiger partial charge is 0.259 e. The van der Waals surface area contributed by atoms with Crippen LogP contribution in [0.1, 0.15) is 23.6 Å². The minimum absolute atomic E-state index is 0.115. The van der Waals surface area contributed by atoms with Gasteiger partial charge in [0.1, 0.15) is 5.82 Å². The van der Waals surface area contributed by atoms with Crippen LogP contribution >= 0.6 is 11.8 Å². The van der Waals surface area contributed by atoms with E-state index in [1.165, 1.54) is 11.8 Å². The summed E-state index contributed by atoms with van der Waals surface area (Å²) in [5.74, 6) is 1.49. The van der Waals surface area contributed by atoms with E-state index in [1.807, 2.05) is 30.4 Å². The first kappa shape index (κ1) is 20.0. The second kappa shape index (κ2) is 8.62. The molecule has 0 atom stereocenters. The fourth-order valence-corrected chi connectivity index (χ4v) is 3.95. The number of carbonyl (C=O) groups excluding carboxylic acids is 1. The topological polar surface area (TPSA) is 118 Å². The molecule has 0 radical (unpaired) electrons. The van der Waals surface area contributed by atoms with E-state index in [9.17, 15) is 9.59 Å². The fourth-order valence-electron chi connectivity index (χ4n) is 3.25. The Morgan fingerprint density at radius 2 is 2.03 bits per heavy atom. The van der Waals surface area contributed by atoms with E-state index in [0.717, 1.165) is 23.6 Å². The second-order valence-corrected chi connectivity index (χ2v) is 7.89. The van der Waals surface area contributed by atoms with E-state index >= 15 is 0 Å². The first-order valence-electron chi connectivity index (χ1n) is 9.58. The lowest BCUT2D eigenvalue weighted by atomic mass is 10.2. The lowest BCUT2D eigenvalue weighted by Gasteiger charge is -2.06. The van der Waals surface area contributed by atoms with Gasteiger partial charge in [0, 0.05) is 24.4 Å². The molecular weight excluding hydrogens is 402 g/mol. The number of aryl methyl sites for hydroxylation is 3. The summed E-state index contributed by atoms with van der Waals surface area (Å²) < 4.78 is 1.94. The van der Waals surface area contributed by atoms with Crippen molar-refractivity contribution in [3.05, 3.63) is 57.9 Å². The third kappa shape index (κ3) is 4.33.